The van der Waals surface area contributed by atoms with Crippen molar-refractivity contribution in [3.8, 4) is 11.4 Å². The zero-order valence-corrected chi connectivity index (χ0v) is 15.0. The number of pyridine rings is 3. The van der Waals surface area contributed by atoms with E-state index in [1.54, 1.807) is 26.1 Å². The van der Waals surface area contributed by atoms with Crippen molar-refractivity contribution in [1.29, 1.82) is 0 Å². The summed E-state index contributed by atoms with van der Waals surface area (Å²) in [5, 5.41) is 10.2. The van der Waals surface area contributed by atoms with E-state index in [2.05, 4.69) is 9.97 Å². The first-order chi connectivity index (χ1) is 12.8. The highest BCUT2D eigenvalue weighted by atomic mass is 35.5. The van der Waals surface area contributed by atoms with Crippen LogP contribution in [-0.4, -0.2) is 19.6 Å². The van der Waals surface area contributed by atoms with E-state index in [0.29, 0.717) is 17.4 Å². The first-order valence-corrected chi connectivity index (χ1v) is 8.16. The van der Waals surface area contributed by atoms with Crippen LogP contribution < -0.4 is 10.3 Å². The molecule has 0 radical (unpaired) electrons. The molecule has 6 nitrogen and oxygen atoms in total. The topological polar surface area (TPSA) is 77.2 Å². The molecule has 0 bridgehead atoms. The number of aliphatic hydroxyl groups excluding tert-OH is 1. The molecule has 0 aliphatic heterocycles. The Hall–Kier alpha value is -2.84. The summed E-state index contributed by atoms with van der Waals surface area (Å²) in [4.78, 5) is 20.0. The summed E-state index contributed by atoms with van der Waals surface area (Å²) in [7, 11) is 0. The molecule has 1 N–H and O–H groups in total. The fourth-order valence-corrected chi connectivity index (χ4v) is 2.72. The minimum atomic E-state index is -1.81. The van der Waals surface area contributed by atoms with E-state index in [-0.39, 0.29) is 10.9 Å². The van der Waals surface area contributed by atoms with Crippen molar-refractivity contribution in [1.82, 2.24) is 14.5 Å². The quantitative estimate of drug-likeness (QED) is 0.544. The second-order valence-electron chi connectivity index (χ2n) is 5.79. The molecule has 1 atom stereocenters. The van der Waals surface area contributed by atoms with Gasteiger partial charge in [-0.05, 0) is 25.5 Å². The zero-order chi connectivity index (χ0) is 19.7. The first-order valence-electron chi connectivity index (χ1n) is 7.78. The van der Waals surface area contributed by atoms with Gasteiger partial charge >= 0.3 is 0 Å². The molecule has 0 saturated carbocycles. The molecule has 140 valence electrons. The van der Waals surface area contributed by atoms with Gasteiger partial charge in [-0.2, -0.15) is 0 Å². The summed E-state index contributed by atoms with van der Waals surface area (Å²) in [6.45, 7) is 3.44. The lowest BCUT2D eigenvalue weighted by molar-refractivity contribution is -0.0259. The molecule has 27 heavy (non-hydrogen) atoms. The van der Waals surface area contributed by atoms with Gasteiger partial charge in [-0.3, -0.25) is 9.36 Å². The molecule has 0 amide bonds. The molecular formula is C18H14ClF2N3O3. The van der Waals surface area contributed by atoms with Gasteiger partial charge in [-0.1, -0.05) is 11.6 Å². The lowest BCUT2D eigenvalue weighted by Gasteiger charge is -2.17. The van der Waals surface area contributed by atoms with Gasteiger partial charge in [0.05, 0.1) is 11.9 Å². The maximum Gasteiger partial charge on any atom is 0.259 e. The predicted molar refractivity (Wildman–Crippen MR) is 94.1 cm³/mol. The van der Waals surface area contributed by atoms with E-state index in [4.69, 9.17) is 16.3 Å². The Bertz CT molecular complexity index is 1070. The van der Waals surface area contributed by atoms with Crippen LogP contribution in [0.2, 0.25) is 5.15 Å². The second-order valence-corrected chi connectivity index (χ2v) is 6.18. The van der Waals surface area contributed by atoms with E-state index >= 15 is 0 Å². The number of aromatic nitrogens is 3. The van der Waals surface area contributed by atoms with E-state index < -0.39 is 29.2 Å². The van der Waals surface area contributed by atoms with Gasteiger partial charge in [0.2, 0.25) is 6.29 Å². The fraction of sp³-hybridized carbons (Fsp3) is 0.167. The number of rotatable bonds is 4. The van der Waals surface area contributed by atoms with Gasteiger partial charge in [0, 0.05) is 30.1 Å². The Morgan fingerprint density at radius 1 is 1.15 bits per heavy atom. The standard InChI is InChI=1S/C18H14ClF2N3O3/c1-9-7-22-15(19)6-14(9)24-10(2)3-12(5-16(24)25)27-18(26)17-13(21)4-11(20)8-23-17/h3-8,18,26H,1-2H3. The summed E-state index contributed by atoms with van der Waals surface area (Å²) in [5.41, 5.74) is 0.833. The van der Waals surface area contributed by atoms with Crippen molar-refractivity contribution >= 4 is 11.6 Å². The van der Waals surface area contributed by atoms with Crippen LogP contribution >= 0.6 is 11.6 Å². The zero-order valence-electron chi connectivity index (χ0n) is 14.3. The molecule has 0 spiro atoms. The third kappa shape index (κ3) is 3.96. The van der Waals surface area contributed by atoms with E-state index in [0.717, 1.165) is 17.8 Å². The van der Waals surface area contributed by atoms with Crippen LogP contribution in [0.5, 0.6) is 5.75 Å². The van der Waals surface area contributed by atoms with Crippen molar-refractivity contribution in [2.75, 3.05) is 0 Å². The van der Waals surface area contributed by atoms with Crippen molar-refractivity contribution in [3.63, 3.8) is 0 Å². The van der Waals surface area contributed by atoms with Gasteiger partial charge < -0.3 is 9.84 Å². The van der Waals surface area contributed by atoms with Crippen molar-refractivity contribution in [2.45, 2.75) is 20.1 Å². The molecule has 3 aromatic heterocycles. The molecule has 0 aliphatic carbocycles. The highest BCUT2D eigenvalue weighted by Gasteiger charge is 2.18. The van der Waals surface area contributed by atoms with Crippen molar-refractivity contribution in [3.05, 3.63) is 80.8 Å². The number of aryl methyl sites for hydroxylation is 2. The average molecular weight is 394 g/mol. The minimum Gasteiger partial charge on any atom is -0.459 e. The average Bonchev–Trinajstić information content (AvgIpc) is 2.57. The number of hydrogen-bond acceptors (Lipinski definition) is 5. The van der Waals surface area contributed by atoms with Crippen LogP contribution in [0.25, 0.3) is 5.69 Å². The predicted octanol–water partition coefficient (Wildman–Crippen LogP) is 3.25. The van der Waals surface area contributed by atoms with Crippen molar-refractivity contribution < 1.29 is 18.6 Å². The van der Waals surface area contributed by atoms with Gasteiger partial charge in [0.1, 0.15) is 22.4 Å². The number of aliphatic hydroxyl groups is 1. The Balaban J connectivity index is 1.95. The van der Waals surface area contributed by atoms with Crippen LogP contribution in [-0.2, 0) is 0 Å². The molecule has 0 aromatic carbocycles. The second kappa shape index (κ2) is 7.42. The Morgan fingerprint density at radius 2 is 1.89 bits per heavy atom. The molecule has 3 aromatic rings. The molecule has 3 rings (SSSR count). The van der Waals surface area contributed by atoms with E-state index in [1.165, 1.54) is 10.6 Å². The van der Waals surface area contributed by atoms with E-state index in [1.807, 2.05) is 0 Å². The molecule has 3 heterocycles. The number of ether oxygens (including phenoxy) is 1. The molecule has 0 aliphatic rings. The van der Waals surface area contributed by atoms with Crippen molar-refractivity contribution in [2.24, 2.45) is 0 Å². The molecular weight excluding hydrogens is 380 g/mol. The third-order valence-electron chi connectivity index (χ3n) is 3.79. The lowest BCUT2D eigenvalue weighted by Crippen LogP contribution is -2.21. The van der Waals surface area contributed by atoms with Crippen LogP contribution in [0.15, 0.2) is 41.5 Å². The Labute approximate surface area is 157 Å². The van der Waals surface area contributed by atoms with Gasteiger partial charge in [-0.25, -0.2) is 18.7 Å². The van der Waals surface area contributed by atoms with Gasteiger partial charge in [-0.15, -0.1) is 0 Å². The molecule has 0 fully saturated rings. The highest BCUT2D eigenvalue weighted by Crippen LogP contribution is 2.23. The van der Waals surface area contributed by atoms with Gasteiger partial charge in [0.15, 0.2) is 5.82 Å². The number of hydrogen-bond donors (Lipinski definition) is 1. The van der Waals surface area contributed by atoms with Crippen LogP contribution in [0.4, 0.5) is 8.78 Å². The number of nitrogens with zero attached hydrogens (tertiary/aromatic N) is 3. The first kappa shape index (κ1) is 18.9. The maximum atomic E-state index is 13.7. The smallest absolute Gasteiger partial charge is 0.259 e. The molecule has 1 unspecified atom stereocenters. The summed E-state index contributed by atoms with van der Waals surface area (Å²) in [6, 6.07) is 4.75. The van der Waals surface area contributed by atoms with Crippen LogP contribution in [0.1, 0.15) is 23.2 Å². The minimum absolute atomic E-state index is 0.00424. The number of halogens is 3. The molecule has 9 heteroatoms. The van der Waals surface area contributed by atoms with Crippen LogP contribution in [0.3, 0.4) is 0 Å². The molecule has 0 saturated heterocycles. The Morgan fingerprint density at radius 3 is 2.56 bits per heavy atom. The van der Waals surface area contributed by atoms with Gasteiger partial charge in [0.25, 0.3) is 5.56 Å². The summed E-state index contributed by atoms with van der Waals surface area (Å²) in [6.07, 6.45) is 0.488. The summed E-state index contributed by atoms with van der Waals surface area (Å²) < 4.78 is 33.2. The summed E-state index contributed by atoms with van der Waals surface area (Å²) in [5.74, 6) is -1.94. The SMILES string of the molecule is Cc1cnc(Cl)cc1-n1c(C)cc(OC(O)c2ncc(F)cc2F)cc1=O. The maximum absolute atomic E-state index is 13.7. The highest BCUT2D eigenvalue weighted by molar-refractivity contribution is 6.29. The van der Waals surface area contributed by atoms with E-state index in [9.17, 15) is 18.7 Å². The largest absolute Gasteiger partial charge is 0.459 e. The monoisotopic (exact) mass is 393 g/mol. The Kier molecular flexibility index (Phi) is 5.20. The normalized spacial score (nSPS) is 12.1. The third-order valence-corrected chi connectivity index (χ3v) is 4.00. The summed E-state index contributed by atoms with van der Waals surface area (Å²) >= 11 is 5.91. The fourth-order valence-electron chi connectivity index (χ4n) is 2.57. The van der Waals surface area contributed by atoms with Crippen LogP contribution in [0, 0.1) is 25.5 Å². The lowest BCUT2D eigenvalue weighted by atomic mass is 10.2.